The summed E-state index contributed by atoms with van der Waals surface area (Å²) in [6.07, 6.45) is 2.96. The van der Waals surface area contributed by atoms with Gasteiger partial charge in [-0.1, -0.05) is 94.8 Å². The van der Waals surface area contributed by atoms with Gasteiger partial charge in [0.25, 0.3) is 8.32 Å². The van der Waals surface area contributed by atoms with Crippen LogP contribution in [0.15, 0.2) is 60.7 Å². The normalized spacial score (nSPS) is 20.5. The summed E-state index contributed by atoms with van der Waals surface area (Å²) in [7, 11) is -2.40. The van der Waals surface area contributed by atoms with Crippen molar-refractivity contribution in [2.75, 3.05) is 6.61 Å². The predicted octanol–water partition coefficient (Wildman–Crippen LogP) is 4.13. The molecule has 0 saturated carbocycles. The van der Waals surface area contributed by atoms with E-state index < -0.39 is 8.32 Å². The van der Waals surface area contributed by atoms with Gasteiger partial charge in [-0.25, -0.2) is 0 Å². The zero-order valence-electron chi connectivity index (χ0n) is 15.9. The van der Waals surface area contributed by atoms with Gasteiger partial charge < -0.3 is 9.16 Å². The molecule has 0 amide bonds. The lowest BCUT2D eigenvalue weighted by atomic mass is 10.2. The molecule has 2 aromatic rings. The summed E-state index contributed by atoms with van der Waals surface area (Å²) in [6, 6.07) is 21.6. The van der Waals surface area contributed by atoms with Gasteiger partial charge >= 0.3 is 0 Å². The van der Waals surface area contributed by atoms with Crippen molar-refractivity contribution in [1.82, 2.24) is 0 Å². The fourth-order valence-electron chi connectivity index (χ4n) is 3.83. The van der Waals surface area contributed by atoms with E-state index in [1.165, 1.54) is 16.8 Å². The van der Waals surface area contributed by atoms with Gasteiger partial charge in [0.15, 0.2) is 0 Å². The quantitative estimate of drug-likeness (QED) is 0.551. The standard InChI is InChI=1S/C22H30O2Si/c1-5-12-20-21(24-20)17-23-25(22(2,3)4,18-13-8-6-9-14-18)19-15-10-7-11-16-19/h6-11,13-16,20-21H,5,12,17H2,1-4H3/t20-,21+/m0/s1. The Bertz CT molecular complexity index is 624. The van der Waals surface area contributed by atoms with Crippen LogP contribution in [0, 0.1) is 0 Å². The van der Waals surface area contributed by atoms with Crippen LogP contribution >= 0.6 is 0 Å². The van der Waals surface area contributed by atoms with E-state index in [1.54, 1.807) is 0 Å². The highest BCUT2D eigenvalue weighted by atomic mass is 28.4. The topological polar surface area (TPSA) is 21.8 Å². The third-order valence-corrected chi connectivity index (χ3v) is 10.1. The second-order valence-corrected chi connectivity index (χ2v) is 12.3. The minimum absolute atomic E-state index is 0.0326. The van der Waals surface area contributed by atoms with Crippen molar-refractivity contribution >= 4 is 18.7 Å². The van der Waals surface area contributed by atoms with Crippen molar-refractivity contribution in [3.8, 4) is 0 Å². The summed E-state index contributed by atoms with van der Waals surface area (Å²) in [4.78, 5) is 0. The second-order valence-electron chi connectivity index (χ2n) is 7.98. The van der Waals surface area contributed by atoms with Crippen LogP contribution in [0.2, 0.25) is 5.04 Å². The average molecular weight is 355 g/mol. The van der Waals surface area contributed by atoms with E-state index in [-0.39, 0.29) is 11.1 Å². The fourth-order valence-corrected chi connectivity index (χ4v) is 8.40. The minimum atomic E-state index is -2.40. The van der Waals surface area contributed by atoms with E-state index in [9.17, 15) is 0 Å². The van der Waals surface area contributed by atoms with E-state index in [2.05, 4.69) is 88.4 Å². The van der Waals surface area contributed by atoms with Gasteiger partial charge in [0, 0.05) is 0 Å². The first kappa shape index (κ1) is 18.4. The Morgan fingerprint density at radius 1 is 0.880 bits per heavy atom. The van der Waals surface area contributed by atoms with Gasteiger partial charge in [-0.15, -0.1) is 0 Å². The highest BCUT2D eigenvalue weighted by molar-refractivity contribution is 6.99. The number of ether oxygens (including phenoxy) is 1. The zero-order chi connectivity index (χ0) is 17.9. The Morgan fingerprint density at radius 3 is 1.84 bits per heavy atom. The molecular formula is C22H30O2Si. The lowest BCUT2D eigenvalue weighted by molar-refractivity contribution is 0.247. The van der Waals surface area contributed by atoms with Crippen molar-refractivity contribution in [3.63, 3.8) is 0 Å². The lowest BCUT2D eigenvalue weighted by Crippen LogP contribution is -2.66. The van der Waals surface area contributed by atoms with Crippen LogP contribution in [0.1, 0.15) is 40.5 Å². The molecule has 3 heteroatoms. The van der Waals surface area contributed by atoms with Gasteiger partial charge in [-0.05, 0) is 21.8 Å². The molecule has 0 N–H and O–H groups in total. The third-order valence-electron chi connectivity index (χ3n) is 5.14. The maximum absolute atomic E-state index is 6.88. The summed E-state index contributed by atoms with van der Waals surface area (Å²) in [5.74, 6) is 0. The molecule has 0 radical (unpaired) electrons. The summed E-state index contributed by atoms with van der Waals surface area (Å²) >= 11 is 0. The first-order valence-electron chi connectivity index (χ1n) is 9.39. The molecule has 0 aromatic heterocycles. The van der Waals surface area contributed by atoms with Gasteiger partial charge in [0.2, 0.25) is 0 Å². The zero-order valence-corrected chi connectivity index (χ0v) is 16.9. The largest absolute Gasteiger partial charge is 0.405 e. The first-order chi connectivity index (χ1) is 12.0. The third kappa shape index (κ3) is 3.74. The van der Waals surface area contributed by atoms with Crippen LogP contribution in [-0.4, -0.2) is 27.1 Å². The molecule has 1 heterocycles. The summed E-state index contributed by atoms with van der Waals surface area (Å²) in [5, 5.41) is 2.70. The molecule has 1 aliphatic heterocycles. The predicted molar refractivity (Wildman–Crippen MR) is 107 cm³/mol. The van der Waals surface area contributed by atoms with Gasteiger partial charge in [0.05, 0.1) is 12.7 Å². The van der Waals surface area contributed by atoms with Crippen LogP contribution in [0.4, 0.5) is 0 Å². The highest BCUT2D eigenvalue weighted by Gasteiger charge is 2.51. The smallest absolute Gasteiger partial charge is 0.261 e. The van der Waals surface area contributed by atoms with E-state index in [1.807, 2.05) is 0 Å². The van der Waals surface area contributed by atoms with Crippen molar-refractivity contribution in [1.29, 1.82) is 0 Å². The Hall–Kier alpha value is -1.42. The summed E-state index contributed by atoms with van der Waals surface area (Å²) in [5.41, 5.74) is 0. The minimum Gasteiger partial charge on any atom is -0.405 e. The summed E-state index contributed by atoms with van der Waals surface area (Å²) in [6.45, 7) is 9.85. The molecule has 0 bridgehead atoms. The lowest BCUT2D eigenvalue weighted by Gasteiger charge is -2.43. The monoisotopic (exact) mass is 354 g/mol. The molecule has 25 heavy (non-hydrogen) atoms. The molecule has 0 unspecified atom stereocenters. The Kier molecular flexibility index (Phi) is 5.47. The highest BCUT2D eigenvalue weighted by Crippen LogP contribution is 2.38. The molecular weight excluding hydrogens is 324 g/mol. The van der Waals surface area contributed by atoms with Crippen molar-refractivity contribution in [2.24, 2.45) is 0 Å². The molecule has 2 atom stereocenters. The van der Waals surface area contributed by atoms with Crippen molar-refractivity contribution in [2.45, 2.75) is 57.8 Å². The molecule has 1 fully saturated rings. The maximum atomic E-state index is 6.88. The number of rotatable bonds is 7. The molecule has 0 aliphatic carbocycles. The molecule has 0 spiro atoms. The van der Waals surface area contributed by atoms with Gasteiger partial charge in [-0.3, -0.25) is 0 Å². The van der Waals surface area contributed by atoms with Crippen molar-refractivity contribution < 1.29 is 9.16 Å². The molecule has 3 rings (SSSR count). The van der Waals surface area contributed by atoms with Crippen LogP contribution in [0.5, 0.6) is 0 Å². The van der Waals surface area contributed by atoms with Gasteiger partial charge in [0.1, 0.15) is 6.10 Å². The van der Waals surface area contributed by atoms with Crippen LogP contribution in [0.3, 0.4) is 0 Å². The molecule has 134 valence electrons. The number of benzene rings is 2. The van der Waals surface area contributed by atoms with E-state index in [4.69, 9.17) is 9.16 Å². The number of hydrogen-bond donors (Lipinski definition) is 0. The van der Waals surface area contributed by atoms with E-state index in [0.717, 1.165) is 6.42 Å². The number of epoxide rings is 1. The molecule has 2 nitrogen and oxygen atoms in total. The van der Waals surface area contributed by atoms with Crippen LogP contribution in [-0.2, 0) is 9.16 Å². The fraction of sp³-hybridized carbons (Fsp3) is 0.455. The summed E-state index contributed by atoms with van der Waals surface area (Å²) < 4.78 is 12.7. The molecule has 1 saturated heterocycles. The van der Waals surface area contributed by atoms with Crippen LogP contribution in [0.25, 0.3) is 0 Å². The number of hydrogen-bond acceptors (Lipinski definition) is 2. The molecule has 1 aliphatic rings. The van der Waals surface area contributed by atoms with Crippen LogP contribution < -0.4 is 10.4 Å². The Labute approximate surface area is 153 Å². The SMILES string of the molecule is CCC[C@@H]1O[C@@H]1CO[Si](c1ccccc1)(c1ccccc1)C(C)(C)C. The average Bonchev–Trinajstić information content (AvgIpc) is 3.35. The first-order valence-corrected chi connectivity index (χ1v) is 11.3. The van der Waals surface area contributed by atoms with Crippen molar-refractivity contribution in [3.05, 3.63) is 60.7 Å². The van der Waals surface area contributed by atoms with Gasteiger partial charge in [-0.2, -0.15) is 0 Å². The second kappa shape index (κ2) is 7.44. The van der Waals surface area contributed by atoms with E-state index >= 15 is 0 Å². The molecule has 2 aromatic carbocycles. The maximum Gasteiger partial charge on any atom is 0.261 e. The van der Waals surface area contributed by atoms with E-state index in [0.29, 0.717) is 12.7 Å². The Morgan fingerprint density at radius 2 is 1.40 bits per heavy atom. The Balaban J connectivity index is 1.98.